The smallest absolute Gasteiger partial charge is 0.274 e. The van der Waals surface area contributed by atoms with E-state index in [9.17, 15) is 4.79 Å². The van der Waals surface area contributed by atoms with Gasteiger partial charge in [0.1, 0.15) is 17.3 Å². The van der Waals surface area contributed by atoms with Crippen molar-refractivity contribution >= 4 is 23.1 Å². The van der Waals surface area contributed by atoms with Gasteiger partial charge in [-0.05, 0) is 43.3 Å². The zero-order valence-corrected chi connectivity index (χ0v) is 14.9. The Bertz CT molecular complexity index is 1090. The van der Waals surface area contributed by atoms with Crippen LogP contribution in [0, 0.1) is 18.3 Å². The molecule has 4 rings (SSSR count). The highest BCUT2D eigenvalue weighted by atomic mass is 16.7. The molecule has 0 saturated carbocycles. The van der Waals surface area contributed by atoms with Gasteiger partial charge in [0.2, 0.25) is 6.79 Å². The average Bonchev–Trinajstić information content (AvgIpc) is 3.16. The quantitative estimate of drug-likeness (QED) is 0.721. The Morgan fingerprint density at radius 2 is 1.79 bits per heavy atom. The average molecular weight is 373 g/mol. The van der Waals surface area contributed by atoms with Gasteiger partial charge in [-0.1, -0.05) is 0 Å². The lowest BCUT2D eigenvalue weighted by Crippen LogP contribution is -2.15. The number of hydrogen-bond acceptors (Lipinski definition) is 7. The van der Waals surface area contributed by atoms with Gasteiger partial charge in [-0.2, -0.15) is 5.26 Å². The second-order valence-electron chi connectivity index (χ2n) is 6.02. The zero-order chi connectivity index (χ0) is 19.5. The van der Waals surface area contributed by atoms with Crippen molar-refractivity contribution in [3.05, 3.63) is 65.6 Å². The molecule has 0 bridgehead atoms. The van der Waals surface area contributed by atoms with Gasteiger partial charge in [-0.25, -0.2) is 9.97 Å². The topological polar surface area (TPSA) is 109 Å². The Morgan fingerprint density at radius 3 is 2.57 bits per heavy atom. The van der Waals surface area contributed by atoms with Gasteiger partial charge in [0.15, 0.2) is 11.5 Å². The number of carbonyl (C=O) groups is 1. The maximum absolute atomic E-state index is 12.6. The third-order valence-electron chi connectivity index (χ3n) is 3.99. The summed E-state index contributed by atoms with van der Waals surface area (Å²) >= 11 is 0. The zero-order valence-electron chi connectivity index (χ0n) is 14.9. The van der Waals surface area contributed by atoms with Crippen LogP contribution in [0.15, 0.2) is 48.5 Å². The molecule has 138 valence electrons. The number of benzene rings is 2. The van der Waals surface area contributed by atoms with Crippen LogP contribution in [0.5, 0.6) is 11.5 Å². The van der Waals surface area contributed by atoms with Crippen LogP contribution in [0.2, 0.25) is 0 Å². The van der Waals surface area contributed by atoms with Gasteiger partial charge in [0.05, 0.1) is 11.6 Å². The normalized spacial score (nSPS) is 11.6. The summed E-state index contributed by atoms with van der Waals surface area (Å²) < 4.78 is 10.6. The lowest BCUT2D eigenvalue weighted by atomic mass is 10.2. The van der Waals surface area contributed by atoms with E-state index in [2.05, 4.69) is 26.7 Å². The molecule has 2 aromatic carbocycles. The molecule has 28 heavy (non-hydrogen) atoms. The first-order valence-electron chi connectivity index (χ1n) is 8.44. The Balaban J connectivity index is 1.52. The van der Waals surface area contributed by atoms with E-state index >= 15 is 0 Å². The fourth-order valence-corrected chi connectivity index (χ4v) is 2.69. The molecule has 1 aromatic heterocycles. The van der Waals surface area contributed by atoms with E-state index in [0.717, 1.165) is 5.69 Å². The van der Waals surface area contributed by atoms with E-state index in [0.29, 0.717) is 34.4 Å². The van der Waals surface area contributed by atoms with Crippen molar-refractivity contribution in [2.75, 3.05) is 17.4 Å². The Kier molecular flexibility index (Phi) is 4.48. The summed E-state index contributed by atoms with van der Waals surface area (Å²) in [5.41, 5.74) is 2.11. The Hall–Kier alpha value is -4.12. The summed E-state index contributed by atoms with van der Waals surface area (Å²) in [7, 11) is 0. The third kappa shape index (κ3) is 3.68. The molecule has 2 heterocycles. The van der Waals surface area contributed by atoms with Gasteiger partial charge in [-0.15, -0.1) is 0 Å². The number of fused-ring (bicyclic) bond motifs is 1. The number of rotatable bonds is 4. The van der Waals surface area contributed by atoms with Crippen LogP contribution in [0.25, 0.3) is 0 Å². The molecule has 1 aliphatic rings. The highest BCUT2D eigenvalue weighted by molar-refractivity contribution is 6.03. The first-order chi connectivity index (χ1) is 13.6. The van der Waals surface area contributed by atoms with E-state index in [4.69, 9.17) is 14.7 Å². The molecule has 8 heteroatoms. The number of ether oxygens (including phenoxy) is 2. The number of amides is 1. The minimum absolute atomic E-state index is 0.169. The number of aromatic nitrogens is 2. The standard InChI is InChI=1S/C20H15N5O3/c1-12-22-16(9-19(23-12)24-14-4-2-13(10-21)3-5-14)20(26)25-15-6-7-17-18(8-15)28-11-27-17/h2-9H,11H2,1H3,(H,25,26)(H,22,23,24). The van der Waals surface area contributed by atoms with Crippen molar-refractivity contribution in [3.8, 4) is 17.6 Å². The third-order valence-corrected chi connectivity index (χ3v) is 3.99. The first kappa shape index (κ1) is 17.3. The van der Waals surface area contributed by atoms with Crippen LogP contribution in [0.1, 0.15) is 21.9 Å². The molecule has 0 radical (unpaired) electrons. The second-order valence-corrected chi connectivity index (χ2v) is 6.02. The summed E-state index contributed by atoms with van der Waals surface area (Å²) in [6.07, 6.45) is 0. The Morgan fingerprint density at radius 1 is 1.04 bits per heavy atom. The van der Waals surface area contributed by atoms with Crippen molar-refractivity contribution in [1.29, 1.82) is 5.26 Å². The first-order valence-corrected chi connectivity index (χ1v) is 8.44. The van der Waals surface area contributed by atoms with Gasteiger partial charge >= 0.3 is 0 Å². The molecule has 1 amide bonds. The highest BCUT2D eigenvalue weighted by Gasteiger charge is 2.16. The molecule has 2 N–H and O–H groups in total. The molecular formula is C20H15N5O3. The minimum atomic E-state index is -0.368. The van der Waals surface area contributed by atoms with E-state index in [1.54, 1.807) is 55.5 Å². The number of carbonyl (C=O) groups excluding carboxylic acids is 1. The molecular weight excluding hydrogens is 358 g/mol. The van der Waals surface area contributed by atoms with Crippen LogP contribution in [0.3, 0.4) is 0 Å². The molecule has 0 spiro atoms. The van der Waals surface area contributed by atoms with Gasteiger partial charge in [0.25, 0.3) is 5.91 Å². The van der Waals surface area contributed by atoms with Crippen LogP contribution >= 0.6 is 0 Å². The lowest BCUT2D eigenvalue weighted by molar-refractivity contribution is 0.102. The second kappa shape index (κ2) is 7.25. The van der Waals surface area contributed by atoms with E-state index in [-0.39, 0.29) is 18.4 Å². The van der Waals surface area contributed by atoms with Gasteiger partial charge in [0, 0.05) is 23.5 Å². The van der Waals surface area contributed by atoms with Crippen LogP contribution < -0.4 is 20.1 Å². The van der Waals surface area contributed by atoms with Crippen molar-refractivity contribution in [2.24, 2.45) is 0 Å². The predicted molar refractivity (Wildman–Crippen MR) is 102 cm³/mol. The Labute approximate surface area is 160 Å². The van der Waals surface area contributed by atoms with E-state index in [1.807, 2.05) is 0 Å². The van der Waals surface area contributed by atoms with E-state index in [1.165, 1.54) is 0 Å². The maximum Gasteiger partial charge on any atom is 0.274 e. The number of nitriles is 1. The van der Waals surface area contributed by atoms with Crippen molar-refractivity contribution < 1.29 is 14.3 Å². The summed E-state index contributed by atoms with van der Waals surface area (Å²) in [6, 6.07) is 15.7. The highest BCUT2D eigenvalue weighted by Crippen LogP contribution is 2.34. The van der Waals surface area contributed by atoms with Gasteiger partial charge in [-0.3, -0.25) is 4.79 Å². The summed E-state index contributed by atoms with van der Waals surface area (Å²) in [6.45, 7) is 1.88. The number of anilines is 3. The SMILES string of the molecule is Cc1nc(Nc2ccc(C#N)cc2)cc(C(=O)Nc2ccc3c(c2)OCO3)n1. The fraction of sp³-hybridized carbons (Fsp3) is 0.100. The van der Waals surface area contributed by atoms with Crippen molar-refractivity contribution in [2.45, 2.75) is 6.92 Å². The number of hydrogen-bond donors (Lipinski definition) is 2. The number of nitrogens with one attached hydrogen (secondary N) is 2. The summed E-state index contributed by atoms with van der Waals surface area (Å²) in [5.74, 6) is 1.79. The molecule has 3 aromatic rings. The molecule has 0 fully saturated rings. The summed E-state index contributed by atoms with van der Waals surface area (Å²) in [4.78, 5) is 21.1. The van der Waals surface area contributed by atoms with E-state index < -0.39 is 0 Å². The molecule has 0 atom stereocenters. The van der Waals surface area contributed by atoms with Gasteiger partial charge < -0.3 is 20.1 Å². The number of nitrogens with zero attached hydrogens (tertiary/aromatic N) is 3. The predicted octanol–water partition coefficient (Wildman–Crippen LogP) is 3.38. The lowest BCUT2D eigenvalue weighted by Gasteiger charge is -2.10. The maximum atomic E-state index is 12.6. The fourth-order valence-electron chi connectivity index (χ4n) is 2.69. The minimum Gasteiger partial charge on any atom is -0.454 e. The van der Waals surface area contributed by atoms with Crippen molar-refractivity contribution in [3.63, 3.8) is 0 Å². The van der Waals surface area contributed by atoms with Crippen LogP contribution in [0.4, 0.5) is 17.2 Å². The number of aryl methyl sites for hydroxylation is 1. The molecule has 0 saturated heterocycles. The molecule has 8 nitrogen and oxygen atoms in total. The molecule has 1 aliphatic heterocycles. The van der Waals surface area contributed by atoms with Crippen LogP contribution in [-0.2, 0) is 0 Å². The molecule has 0 aliphatic carbocycles. The molecule has 0 unspecified atom stereocenters. The monoisotopic (exact) mass is 373 g/mol. The van der Waals surface area contributed by atoms with Crippen molar-refractivity contribution in [1.82, 2.24) is 9.97 Å². The largest absolute Gasteiger partial charge is 0.454 e. The summed E-state index contributed by atoms with van der Waals surface area (Å²) in [5, 5.41) is 14.8. The van der Waals surface area contributed by atoms with Crippen LogP contribution in [-0.4, -0.2) is 22.7 Å².